The van der Waals surface area contributed by atoms with Crippen molar-refractivity contribution in [2.75, 3.05) is 0 Å². The van der Waals surface area contributed by atoms with E-state index in [0.717, 1.165) is 19.3 Å². The number of nitrogens with one attached hydrogen (secondary N) is 2. The lowest BCUT2D eigenvalue weighted by Crippen LogP contribution is -2.43. The number of hydrogen-bond acceptors (Lipinski definition) is 4. The summed E-state index contributed by atoms with van der Waals surface area (Å²) < 4.78 is 1.30. The van der Waals surface area contributed by atoms with Gasteiger partial charge < -0.3 is 0 Å². The number of hydrazine groups is 1. The van der Waals surface area contributed by atoms with Gasteiger partial charge in [-0.05, 0) is 31.2 Å². The molecule has 7 nitrogen and oxygen atoms in total. The molecule has 1 heterocycles. The van der Waals surface area contributed by atoms with Crippen molar-refractivity contribution in [1.29, 1.82) is 0 Å². The maximum Gasteiger partial charge on any atom is 0.290 e. The molecule has 1 aromatic carbocycles. The molecule has 0 unspecified atom stereocenters. The van der Waals surface area contributed by atoms with E-state index in [4.69, 9.17) is 0 Å². The average molecular weight is 356 g/mol. The highest BCUT2D eigenvalue weighted by Gasteiger charge is 2.20. The van der Waals surface area contributed by atoms with Gasteiger partial charge in [0.2, 0.25) is 5.91 Å². The van der Waals surface area contributed by atoms with E-state index in [1.807, 2.05) is 6.92 Å². The highest BCUT2D eigenvalue weighted by molar-refractivity contribution is 6.05. The van der Waals surface area contributed by atoms with E-state index in [-0.39, 0.29) is 17.2 Å². The van der Waals surface area contributed by atoms with Gasteiger partial charge in [0.15, 0.2) is 5.69 Å². The number of carbonyl (C=O) groups excluding carboxylic acids is 2. The van der Waals surface area contributed by atoms with Crippen molar-refractivity contribution in [3.8, 4) is 0 Å². The molecule has 0 atom stereocenters. The van der Waals surface area contributed by atoms with Crippen molar-refractivity contribution in [2.24, 2.45) is 5.92 Å². The second-order valence-corrected chi connectivity index (χ2v) is 6.78. The van der Waals surface area contributed by atoms with Gasteiger partial charge in [-0.1, -0.05) is 38.0 Å². The molecule has 2 aromatic rings. The van der Waals surface area contributed by atoms with Gasteiger partial charge >= 0.3 is 0 Å². The summed E-state index contributed by atoms with van der Waals surface area (Å²) in [5, 5.41) is 5.13. The van der Waals surface area contributed by atoms with Crippen molar-refractivity contribution >= 4 is 22.6 Å². The fourth-order valence-electron chi connectivity index (χ4n) is 3.48. The van der Waals surface area contributed by atoms with E-state index in [2.05, 4.69) is 16.0 Å². The number of amides is 2. The summed E-state index contributed by atoms with van der Waals surface area (Å²) in [5.74, 6) is -0.320. The lowest BCUT2D eigenvalue weighted by atomic mass is 10.0. The third-order valence-corrected chi connectivity index (χ3v) is 4.78. The predicted molar refractivity (Wildman–Crippen MR) is 98.5 cm³/mol. The van der Waals surface area contributed by atoms with Gasteiger partial charge in [0.25, 0.3) is 11.5 Å². The van der Waals surface area contributed by atoms with Crippen LogP contribution in [-0.2, 0) is 11.3 Å². The molecule has 0 radical (unpaired) electrons. The first kappa shape index (κ1) is 18.1. The van der Waals surface area contributed by atoms with Crippen LogP contribution in [0.5, 0.6) is 0 Å². The number of nitrogens with zero attached hydrogens (tertiary/aromatic N) is 2. The lowest BCUT2D eigenvalue weighted by molar-refractivity contribution is -0.122. The minimum Gasteiger partial charge on any atom is -0.273 e. The topological polar surface area (TPSA) is 93.1 Å². The van der Waals surface area contributed by atoms with Crippen LogP contribution in [0.4, 0.5) is 0 Å². The molecule has 1 fully saturated rings. The monoisotopic (exact) mass is 356 g/mol. The van der Waals surface area contributed by atoms with Crippen molar-refractivity contribution < 1.29 is 9.59 Å². The second kappa shape index (κ2) is 8.12. The molecule has 1 aliphatic carbocycles. The van der Waals surface area contributed by atoms with Crippen LogP contribution >= 0.6 is 0 Å². The number of rotatable bonds is 5. The smallest absolute Gasteiger partial charge is 0.273 e. The van der Waals surface area contributed by atoms with E-state index in [1.54, 1.807) is 24.3 Å². The first-order chi connectivity index (χ1) is 12.6. The number of fused-ring (bicyclic) bond motifs is 1. The number of aryl methyl sites for hydroxylation is 1. The maximum atomic E-state index is 12.6. The van der Waals surface area contributed by atoms with Crippen LogP contribution in [0.1, 0.15) is 55.9 Å². The van der Waals surface area contributed by atoms with Crippen LogP contribution in [0, 0.1) is 5.92 Å². The van der Waals surface area contributed by atoms with Crippen molar-refractivity contribution in [2.45, 2.75) is 52.0 Å². The normalized spacial score (nSPS) is 14.5. The largest absolute Gasteiger partial charge is 0.290 e. The van der Waals surface area contributed by atoms with Crippen LogP contribution in [0.15, 0.2) is 29.1 Å². The van der Waals surface area contributed by atoms with Crippen LogP contribution < -0.4 is 16.4 Å². The summed E-state index contributed by atoms with van der Waals surface area (Å²) in [6, 6.07) is 6.88. The maximum absolute atomic E-state index is 12.6. The first-order valence-corrected chi connectivity index (χ1v) is 9.19. The average Bonchev–Trinajstić information content (AvgIpc) is 3.15. The van der Waals surface area contributed by atoms with Crippen molar-refractivity contribution in [3.05, 3.63) is 40.3 Å². The van der Waals surface area contributed by atoms with Crippen LogP contribution in [-0.4, -0.2) is 21.6 Å². The molecule has 1 saturated carbocycles. The number of benzene rings is 1. The van der Waals surface area contributed by atoms with Gasteiger partial charge in [0, 0.05) is 18.4 Å². The summed E-state index contributed by atoms with van der Waals surface area (Å²) in [4.78, 5) is 37.0. The van der Waals surface area contributed by atoms with E-state index < -0.39 is 5.91 Å². The Morgan fingerprint density at radius 2 is 1.85 bits per heavy atom. The van der Waals surface area contributed by atoms with Gasteiger partial charge in [-0.3, -0.25) is 25.2 Å². The van der Waals surface area contributed by atoms with E-state index >= 15 is 0 Å². The molecule has 2 N–H and O–H groups in total. The minimum atomic E-state index is -0.522. The molecular formula is C19H24N4O3. The Morgan fingerprint density at radius 3 is 2.54 bits per heavy atom. The summed E-state index contributed by atoms with van der Waals surface area (Å²) in [6.45, 7) is 2.37. The summed E-state index contributed by atoms with van der Waals surface area (Å²) in [6.07, 6.45) is 5.61. The first-order valence-electron chi connectivity index (χ1n) is 9.19. The van der Waals surface area contributed by atoms with Crippen molar-refractivity contribution in [3.63, 3.8) is 0 Å². The quantitative estimate of drug-likeness (QED) is 0.803. The minimum absolute atomic E-state index is 0.134. The van der Waals surface area contributed by atoms with E-state index in [9.17, 15) is 14.4 Å². The number of hydrogen-bond donors (Lipinski definition) is 2. The molecule has 7 heteroatoms. The van der Waals surface area contributed by atoms with E-state index in [0.29, 0.717) is 29.7 Å². The fourth-order valence-corrected chi connectivity index (χ4v) is 3.48. The molecule has 0 bridgehead atoms. The summed E-state index contributed by atoms with van der Waals surface area (Å²) in [7, 11) is 0. The highest BCUT2D eigenvalue weighted by atomic mass is 16.2. The van der Waals surface area contributed by atoms with Gasteiger partial charge in [0.05, 0.1) is 5.39 Å². The Hall–Kier alpha value is -2.70. The molecular weight excluding hydrogens is 332 g/mol. The van der Waals surface area contributed by atoms with Crippen LogP contribution in [0.25, 0.3) is 10.8 Å². The number of carbonyl (C=O) groups is 2. The van der Waals surface area contributed by atoms with Crippen LogP contribution in [0.2, 0.25) is 0 Å². The fraction of sp³-hybridized carbons (Fsp3) is 0.474. The SMILES string of the molecule is CCCn1nc(C(=O)NNC(=O)CC2CCCC2)c2ccccc2c1=O. The van der Waals surface area contributed by atoms with E-state index in [1.165, 1.54) is 17.5 Å². The third kappa shape index (κ3) is 3.92. The van der Waals surface area contributed by atoms with Gasteiger partial charge in [-0.25, -0.2) is 4.68 Å². The molecule has 0 saturated heterocycles. The van der Waals surface area contributed by atoms with Crippen LogP contribution in [0.3, 0.4) is 0 Å². The molecule has 2 amide bonds. The van der Waals surface area contributed by atoms with Gasteiger partial charge in [-0.15, -0.1) is 0 Å². The Balaban J connectivity index is 1.77. The molecule has 1 aliphatic rings. The zero-order chi connectivity index (χ0) is 18.5. The molecule has 3 rings (SSSR count). The molecule has 0 aliphatic heterocycles. The Bertz CT molecular complexity index is 869. The summed E-state index contributed by atoms with van der Waals surface area (Å²) >= 11 is 0. The Labute approximate surface area is 151 Å². The lowest BCUT2D eigenvalue weighted by Gasteiger charge is -2.12. The third-order valence-electron chi connectivity index (χ3n) is 4.78. The Kier molecular flexibility index (Phi) is 5.65. The Morgan fingerprint density at radius 1 is 1.15 bits per heavy atom. The summed E-state index contributed by atoms with van der Waals surface area (Å²) in [5.41, 5.74) is 4.83. The molecule has 138 valence electrons. The number of aromatic nitrogens is 2. The second-order valence-electron chi connectivity index (χ2n) is 6.78. The van der Waals surface area contributed by atoms with Gasteiger partial charge in [-0.2, -0.15) is 5.10 Å². The highest BCUT2D eigenvalue weighted by Crippen LogP contribution is 2.27. The van der Waals surface area contributed by atoms with Gasteiger partial charge in [0.1, 0.15) is 0 Å². The zero-order valence-electron chi connectivity index (χ0n) is 15.0. The molecule has 1 aromatic heterocycles. The standard InChI is InChI=1S/C19H24N4O3/c1-2-11-23-19(26)15-10-6-5-9-14(15)17(22-23)18(25)21-20-16(24)12-13-7-3-4-8-13/h5-6,9-10,13H,2-4,7-8,11-12H2,1H3,(H,20,24)(H,21,25). The van der Waals surface area contributed by atoms with Crippen molar-refractivity contribution in [1.82, 2.24) is 20.6 Å². The predicted octanol–water partition coefficient (Wildman–Crippen LogP) is 2.15. The molecule has 0 spiro atoms. The zero-order valence-corrected chi connectivity index (χ0v) is 15.0. The molecule has 26 heavy (non-hydrogen) atoms.